The Morgan fingerprint density at radius 1 is 0.613 bits per heavy atom. The monoisotopic (exact) mass is 972 g/mol. The van der Waals surface area contributed by atoms with Crippen LogP contribution in [0.4, 0.5) is 33.3 Å². The van der Waals surface area contributed by atoms with E-state index in [1.807, 2.05) is 58.3 Å². The molecule has 0 unspecified atom stereocenters. The molecule has 7 aromatic heterocycles. The minimum Gasteiger partial charge on any atom is -0.361 e. The molecule has 7 heterocycles. The lowest BCUT2D eigenvalue weighted by molar-refractivity contribution is 0.153. The molecular formula is C43H57BrN12O2S2Si2. The number of anilines is 6. The maximum Gasteiger partial charge on any atom is 0.215 e. The summed E-state index contributed by atoms with van der Waals surface area (Å²) in [7, 11) is -2.33. The van der Waals surface area contributed by atoms with Crippen LogP contribution in [0.15, 0.2) is 77.8 Å². The van der Waals surface area contributed by atoms with E-state index in [0.717, 1.165) is 88.5 Å². The first-order chi connectivity index (χ1) is 29.5. The van der Waals surface area contributed by atoms with E-state index in [1.165, 1.54) is 0 Å². The van der Waals surface area contributed by atoms with Crippen molar-refractivity contribution in [2.45, 2.75) is 90.9 Å². The van der Waals surface area contributed by atoms with E-state index < -0.39 is 16.1 Å². The van der Waals surface area contributed by atoms with Gasteiger partial charge >= 0.3 is 0 Å². The van der Waals surface area contributed by atoms with Gasteiger partial charge in [-0.05, 0) is 76.5 Å². The van der Waals surface area contributed by atoms with Crippen molar-refractivity contribution < 1.29 is 9.47 Å². The number of aromatic nitrogens is 9. The van der Waals surface area contributed by atoms with Crippen LogP contribution in [0.1, 0.15) is 49.5 Å². The molecule has 0 saturated carbocycles. The van der Waals surface area contributed by atoms with Crippen molar-refractivity contribution in [2.24, 2.45) is 0 Å². The number of halogens is 1. The molecular weight excluding hydrogens is 917 g/mol. The van der Waals surface area contributed by atoms with Crippen molar-refractivity contribution in [1.29, 1.82) is 0 Å². The summed E-state index contributed by atoms with van der Waals surface area (Å²) in [5.41, 5.74) is 5.06. The molecule has 328 valence electrons. The van der Waals surface area contributed by atoms with Crippen molar-refractivity contribution in [1.82, 2.24) is 45.3 Å². The number of hydrogen-bond acceptors (Lipinski definition) is 16. The predicted molar refractivity (Wildman–Crippen MR) is 265 cm³/mol. The Kier molecular flexibility index (Phi) is 16.2. The highest BCUT2D eigenvalue weighted by Gasteiger charge is 2.22. The van der Waals surface area contributed by atoms with Crippen LogP contribution < -0.4 is 15.1 Å². The van der Waals surface area contributed by atoms with Gasteiger partial charge in [0.15, 0.2) is 0 Å². The molecule has 0 aromatic carbocycles. The average Bonchev–Trinajstić information content (AvgIpc) is 3.93. The van der Waals surface area contributed by atoms with Crippen molar-refractivity contribution in [3.05, 3.63) is 87.8 Å². The van der Waals surface area contributed by atoms with Crippen molar-refractivity contribution in [3.8, 4) is 0 Å². The molecule has 14 nitrogen and oxygen atoms in total. The number of pyridine rings is 5. The number of nitrogens with one attached hydrogen (secondary N) is 1. The lowest BCUT2D eigenvalue weighted by Gasteiger charge is -2.22. The van der Waals surface area contributed by atoms with Crippen LogP contribution in [0.5, 0.6) is 0 Å². The van der Waals surface area contributed by atoms with E-state index >= 15 is 0 Å². The molecule has 0 aliphatic rings. The lowest BCUT2D eigenvalue weighted by Crippen LogP contribution is -2.26. The summed E-state index contributed by atoms with van der Waals surface area (Å²) in [4.78, 5) is 26.8. The molecule has 0 amide bonds. The molecule has 0 saturated heterocycles. The second-order valence-electron chi connectivity index (χ2n) is 17.8. The predicted octanol–water partition coefficient (Wildman–Crippen LogP) is 12.0. The third-order valence-electron chi connectivity index (χ3n) is 9.34. The van der Waals surface area contributed by atoms with Gasteiger partial charge in [0.25, 0.3) is 0 Å². The number of nitrogens with zero attached hydrogens (tertiary/aromatic N) is 11. The maximum atomic E-state index is 6.11. The van der Waals surface area contributed by atoms with Gasteiger partial charge < -0.3 is 14.8 Å². The molecule has 19 heteroatoms. The number of hydrogen-bond donors (Lipinski definition) is 1. The summed E-state index contributed by atoms with van der Waals surface area (Å²) in [6.45, 7) is 24.8. The number of rotatable bonds is 18. The van der Waals surface area contributed by atoms with Gasteiger partial charge in [0.2, 0.25) is 10.3 Å². The Bertz CT molecular complexity index is 2510. The highest BCUT2D eigenvalue weighted by molar-refractivity contribution is 9.10. The SMILES string of the molecule is CC(C)c1nnc(N(COCC[Si](C)(C)C)c2ccc3nccc(Br)c3n2)s1.CC(C)c1nnc(N(COCC[Si](C)(C)C)c2ccc3nccc(Nc4ccncc4)c3n2)s1. The van der Waals surface area contributed by atoms with Gasteiger partial charge in [0.05, 0.1) is 16.7 Å². The summed E-state index contributed by atoms with van der Waals surface area (Å²) in [6.07, 6.45) is 7.06. The van der Waals surface area contributed by atoms with Gasteiger partial charge in [-0.1, -0.05) is 89.7 Å². The molecule has 7 rings (SSSR count). The third-order valence-corrected chi connectivity index (χ3v) is 15.9. The van der Waals surface area contributed by atoms with Crippen molar-refractivity contribution in [2.75, 3.05) is 41.8 Å². The summed E-state index contributed by atoms with van der Waals surface area (Å²) in [5.74, 6) is 2.17. The average molecular weight is 974 g/mol. The molecule has 1 N–H and O–H groups in total. The molecule has 0 bridgehead atoms. The summed E-state index contributed by atoms with van der Waals surface area (Å²) >= 11 is 6.73. The fourth-order valence-electron chi connectivity index (χ4n) is 5.64. The van der Waals surface area contributed by atoms with Crippen LogP contribution >= 0.6 is 38.6 Å². The molecule has 62 heavy (non-hydrogen) atoms. The largest absolute Gasteiger partial charge is 0.361 e. The molecule has 7 aromatic rings. The lowest BCUT2D eigenvalue weighted by atomic mass is 10.2. The Balaban J connectivity index is 0.000000211. The van der Waals surface area contributed by atoms with E-state index in [2.05, 4.69) is 124 Å². The Labute approximate surface area is 383 Å². The van der Waals surface area contributed by atoms with Gasteiger partial charge in [0.1, 0.15) is 46.1 Å². The van der Waals surface area contributed by atoms with E-state index in [0.29, 0.717) is 31.9 Å². The minimum atomic E-state index is -1.18. The van der Waals surface area contributed by atoms with Gasteiger partial charge in [-0.15, -0.1) is 20.4 Å². The normalized spacial score (nSPS) is 12.0. The van der Waals surface area contributed by atoms with Crippen LogP contribution in [-0.2, 0) is 9.47 Å². The zero-order chi connectivity index (χ0) is 44.4. The Morgan fingerprint density at radius 2 is 1.10 bits per heavy atom. The molecule has 0 aliphatic carbocycles. The fraction of sp³-hybridized carbons (Fsp3) is 0.419. The zero-order valence-electron chi connectivity index (χ0n) is 37.3. The Hall–Kier alpha value is -4.38. The molecule has 0 atom stereocenters. The molecule has 0 radical (unpaired) electrons. The smallest absolute Gasteiger partial charge is 0.215 e. The van der Waals surface area contributed by atoms with Crippen molar-refractivity contribution >= 4 is 110 Å². The number of fused-ring (bicyclic) bond motifs is 2. The molecule has 0 aliphatic heterocycles. The standard InChI is InChI=1S/C24H31N7OSSi.C19H26BrN5OSSi/c1-17(2)23-29-30-24(33-23)31(16-32-14-15-34(3,4)5)21-7-6-19-22(28-21)20(10-13-26-19)27-18-8-11-25-12-9-18;1-13(2)18-23-24-19(27-18)25(12-26-10-11-28(3,4)5)16-7-6-15-17(22-16)14(20)8-9-21-15/h6-13,17H,14-16H2,1-5H3,(H,25,26,27);6-9,13H,10-12H2,1-5H3. The highest BCUT2D eigenvalue weighted by Crippen LogP contribution is 2.34. The quantitative estimate of drug-likeness (QED) is 0.0493. The van der Waals surface area contributed by atoms with Crippen LogP contribution in [0.2, 0.25) is 51.4 Å². The van der Waals surface area contributed by atoms with Gasteiger partial charge in [-0.25, -0.2) is 9.97 Å². The van der Waals surface area contributed by atoms with E-state index in [1.54, 1.807) is 47.5 Å². The third kappa shape index (κ3) is 13.3. The van der Waals surface area contributed by atoms with Gasteiger partial charge in [-0.2, -0.15) is 0 Å². The number of ether oxygens (including phenoxy) is 2. The fourth-order valence-corrected chi connectivity index (χ4v) is 9.24. The highest BCUT2D eigenvalue weighted by atomic mass is 79.9. The molecule has 0 spiro atoms. The Morgan fingerprint density at radius 3 is 1.58 bits per heavy atom. The van der Waals surface area contributed by atoms with E-state index in [-0.39, 0.29) is 0 Å². The zero-order valence-corrected chi connectivity index (χ0v) is 42.5. The van der Waals surface area contributed by atoms with Gasteiger partial charge in [-0.3, -0.25) is 24.8 Å². The topological polar surface area (TPSA) is 153 Å². The van der Waals surface area contributed by atoms with Crippen LogP contribution in [-0.4, -0.2) is 88.1 Å². The van der Waals surface area contributed by atoms with Crippen molar-refractivity contribution in [3.63, 3.8) is 0 Å². The van der Waals surface area contributed by atoms with E-state index in [4.69, 9.17) is 19.4 Å². The van der Waals surface area contributed by atoms with Crippen LogP contribution in [0.3, 0.4) is 0 Å². The second-order valence-corrected chi connectivity index (χ2v) is 31.9. The first kappa shape index (κ1) is 47.1. The maximum absolute atomic E-state index is 6.11. The first-order valence-electron chi connectivity index (χ1n) is 20.8. The summed E-state index contributed by atoms with van der Waals surface area (Å²) < 4.78 is 13.1. The van der Waals surface area contributed by atoms with Crippen LogP contribution in [0.25, 0.3) is 22.1 Å². The summed E-state index contributed by atoms with van der Waals surface area (Å²) in [6, 6.07) is 17.8. The first-order valence-corrected chi connectivity index (χ1v) is 30.6. The summed E-state index contributed by atoms with van der Waals surface area (Å²) in [5, 5.41) is 24.6. The van der Waals surface area contributed by atoms with Crippen LogP contribution in [0, 0.1) is 0 Å². The van der Waals surface area contributed by atoms with E-state index in [9.17, 15) is 0 Å². The minimum absolute atomic E-state index is 0.311. The van der Waals surface area contributed by atoms with Gasteiger partial charge in [0, 0.05) is 76.1 Å². The second kappa shape index (κ2) is 21.3. The molecule has 0 fully saturated rings.